The van der Waals surface area contributed by atoms with E-state index in [0.29, 0.717) is 0 Å². The van der Waals surface area contributed by atoms with E-state index in [9.17, 15) is 18.8 Å². The van der Waals surface area contributed by atoms with Crippen LogP contribution < -0.4 is 16.7 Å². The van der Waals surface area contributed by atoms with Crippen molar-refractivity contribution in [1.29, 1.82) is 0 Å². The van der Waals surface area contributed by atoms with Crippen molar-refractivity contribution in [3.8, 4) is 0 Å². The Morgan fingerprint density at radius 2 is 1.93 bits per heavy atom. The van der Waals surface area contributed by atoms with E-state index in [0.717, 1.165) is 10.8 Å². The number of esters is 1. The van der Waals surface area contributed by atoms with E-state index >= 15 is 0 Å². The number of nitrogens with two attached hydrogens (primary N) is 1. The maximum Gasteiger partial charge on any atom is 0.408 e. The summed E-state index contributed by atoms with van der Waals surface area (Å²) >= 11 is 0. The molecule has 2 heterocycles. The predicted octanol–water partition coefficient (Wildman–Crippen LogP) is 4.29. The Bertz CT molecular complexity index is 1160. The number of ether oxygens (including phenoxy) is 3. The fourth-order valence-electron chi connectivity index (χ4n) is 3.85. The Labute approximate surface area is 236 Å². The minimum atomic E-state index is -2.42. The highest BCUT2D eigenvalue weighted by Gasteiger charge is 2.53. The summed E-state index contributed by atoms with van der Waals surface area (Å²) in [4.78, 5) is 41.7. The number of nitrogens with zero attached hydrogens (tertiary/aromatic N) is 2. The van der Waals surface area contributed by atoms with Crippen LogP contribution in [0.5, 0.6) is 0 Å². The lowest BCUT2D eigenvalue weighted by Crippen LogP contribution is -2.53. The highest BCUT2D eigenvalue weighted by atomic mass is 28.4. The summed E-state index contributed by atoms with van der Waals surface area (Å²) in [6, 6.07) is -1.01. The van der Waals surface area contributed by atoms with Gasteiger partial charge in [0.15, 0.2) is 20.0 Å². The Morgan fingerprint density at radius 1 is 1.32 bits per heavy atom. The molecule has 1 aromatic heterocycles. The molecule has 1 aliphatic rings. The molecule has 13 heteroatoms. The number of nitrogens with one attached hydrogen (secondary N) is 1. The molecule has 0 saturated carbocycles. The Balaban J connectivity index is 2.39. The first kappa shape index (κ1) is 33.4. The SMILES string of the molecule is C=C[C@]1(COC(=O)[C@@H](NC(=O)OC(C)(C)C)C(C)C)O[C@@H](n2cc(F)c(N)nc2=O)C[C@@H]1O[Si](C)(C)C(C)(C)C. The molecule has 40 heavy (non-hydrogen) atoms. The number of hydrogen-bond acceptors (Lipinski definition) is 9. The van der Waals surface area contributed by atoms with Gasteiger partial charge in [-0.05, 0) is 44.8 Å². The summed E-state index contributed by atoms with van der Waals surface area (Å²) < 4.78 is 39.2. The van der Waals surface area contributed by atoms with Crippen LogP contribution in [0.15, 0.2) is 23.6 Å². The Hall–Kier alpha value is -2.77. The fourth-order valence-corrected chi connectivity index (χ4v) is 5.21. The maximum atomic E-state index is 14.3. The third kappa shape index (κ3) is 7.91. The highest BCUT2D eigenvalue weighted by molar-refractivity contribution is 6.74. The van der Waals surface area contributed by atoms with Gasteiger partial charge < -0.3 is 29.7 Å². The number of carbonyl (C=O) groups is 2. The molecule has 0 bridgehead atoms. The van der Waals surface area contributed by atoms with Crippen molar-refractivity contribution in [1.82, 2.24) is 14.9 Å². The van der Waals surface area contributed by atoms with Crippen molar-refractivity contribution < 1.29 is 32.6 Å². The van der Waals surface area contributed by atoms with Gasteiger partial charge in [0.2, 0.25) is 0 Å². The van der Waals surface area contributed by atoms with Gasteiger partial charge in [-0.3, -0.25) is 4.57 Å². The van der Waals surface area contributed by atoms with Crippen LogP contribution >= 0.6 is 0 Å². The van der Waals surface area contributed by atoms with Gasteiger partial charge in [-0.25, -0.2) is 18.8 Å². The molecule has 1 aliphatic heterocycles. The molecule has 0 aliphatic carbocycles. The average Bonchev–Trinajstić information content (AvgIpc) is 3.13. The number of nitrogen functional groups attached to an aromatic ring is 1. The molecule has 0 aromatic carbocycles. The molecule has 4 atom stereocenters. The van der Waals surface area contributed by atoms with Crippen LogP contribution in [0, 0.1) is 11.7 Å². The van der Waals surface area contributed by atoms with Crippen molar-refractivity contribution in [3.05, 3.63) is 35.2 Å². The average molecular weight is 585 g/mol. The van der Waals surface area contributed by atoms with Gasteiger partial charge in [0.05, 0.1) is 12.3 Å². The van der Waals surface area contributed by atoms with Crippen LogP contribution in [0.4, 0.5) is 15.0 Å². The minimum Gasteiger partial charge on any atom is -0.461 e. The first-order chi connectivity index (χ1) is 18.1. The molecule has 0 radical (unpaired) electrons. The van der Waals surface area contributed by atoms with Crippen LogP contribution in [0.1, 0.15) is 68.0 Å². The third-order valence-electron chi connectivity index (χ3n) is 7.18. The van der Waals surface area contributed by atoms with E-state index in [1.807, 2.05) is 0 Å². The van der Waals surface area contributed by atoms with Crippen molar-refractivity contribution in [2.24, 2.45) is 5.92 Å². The van der Waals surface area contributed by atoms with Gasteiger partial charge in [-0.1, -0.05) is 40.7 Å². The summed E-state index contributed by atoms with van der Waals surface area (Å²) in [5, 5.41) is 2.39. The van der Waals surface area contributed by atoms with Gasteiger partial charge in [0.1, 0.15) is 30.1 Å². The van der Waals surface area contributed by atoms with Gasteiger partial charge in [-0.2, -0.15) is 4.98 Å². The summed E-state index contributed by atoms with van der Waals surface area (Å²) in [6.07, 6.45) is 0.0782. The number of anilines is 1. The number of alkyl carbamates (subject to hydrolysis) is 1. The predicted molar refractivity (Wildman–Crippen MR) is 152 cm³/mol. The molecule has 1 saturated heterocycles. The molecule has 3 N–H and O–H groups in total. The number of aromatic nitrogens is 2. The van der Waals surface area contributed by atoms with Crippen LogP contribution in [0.2, 0.25) is 18.1 Å². The molecule has 0 spiro atoms. The van der Waals surface area contributed by atoms with Crippen molar-refractivity contribution >= 4 is 26.2 Å². The molecule has 0 unspecified atom stereocenters. The Kier molecular flexibility index (Phi) is 10.0. The monoisotopic (exact) mass is 584 g/mol. The Morgan fingerprint density at radius 3 is 2.42 bits per heavy atom. The smallest absolute Gasteiger partial charge is 0.408 e. The zero-order chi connectivity index (χ0) is 30.8. The summed E-state index contributed by atoms with van der Waals surface area (Å²) in [6.45, 7) is 22.6. The lowest BCUT2D eigenvalue weighted by molar-refractivity contribution is -0.160. The lowest BCUT2D eigenvalue weighted by atomic mass is 9.97. The zero-order valence-electron chi connectivity index (χ0n) is 25.3. The summed E-state index contributed by atoms with van der Waals surface area (Å²) in [7, 11) is -2.42. The molecule has 1 fully saturated rings. The molecule has 2 rings (SSSR count). The van der Waals surface area contributed by atoms with Crippen LogP contribution in [0.25, 0.3) is 0 Å². The van der Waals surface area contributed by atoms with Gasteiger partial charge in [-0.15, -0.1) is 6.58 Å². The number of carbonyl (C=O) groups excluding carboxylic acids is 2. The van der Waals surface area contributed by atoms with Gasteiger partial charge in [0, 0.05) is 6.42 Å². The molecule has 1 aromatic rings. The quantitative estimate of drug-likeness (QED) is 0.247. The molecule has 11 nitrogen and oxygen atoms in total. The van der Waals surface area contributed by atoms with Crippen molar-refractivity contribution in [2.75, 3.05) is 12.3 Å². The number of halogens is 1. The summed E-state index contributed by atoms with van der Waals surface area (Å²) in [5.74, 6) is -2.42. The number of rotatable bonds is 9. The molecule has 1 amide bonds. The highest BCUT2D eigenvalue weighted by Crippen LogP contribution is 2.45. The maximum absolute atomic E-state index is 14.3. The molecular weight excluding hydrogens is 539 g/mol. The van der Waals surface area contributed by atoms with E-state index in [1.165, 1.54) is 6.08 Å². The van der Waals surface area contributed by atoms with Crippen LogP contribution in [-0.4, -0.2) is 59.9 Å². The van der Waals surface area contributed by atoms with Crippen molar-refractivity contribution in [3.63, 3.8) is 0 Å². The topological polar surface area (TPSA) is 144 Å². The largest absolute Gasteiger partial charge is 0.461 e. The number of hydrogen-bond donors (Lipinski definition) is 2. The van der Waals surface area contributed by atoms with Gasteiger partial charge >= 0.3 is 17.8 Å². The van der Waals surface area contributed by atoms with E-state index in [4.69, 9.17) is 24.4 Å². The fraction of sp³-hybridized carbons (Fsp3) is 0.704. The normalized spacial score (nSPS) is 22.6. The van der Waals surface area contributed by atoms with Crippen LogP contribution in [-0.2, 0) is 23.4 Å². The second-order valence-electron chi connectivity index (χ2n) is 13.0. The standard InChI is InChI=1S/C27H45FN4O7Si/c1-12-27(15-36-22(33)20(16(2)3)30-24(35)38-25(4,5)6)18(39-40(10,11)26(7,8)9)13-19(37-27)32-14-17(28)21(29)31-23(32)34/h12,14,16,18-20H,1,13,15H2,2-11H3,(H,30,35)(H2,29,31,34)/t18-,19+,20-,27+/m0/s1. The second kappa shape index (κ2) is 12.0. The van der Waals surface area contributed by atoms with Crippen LogP contribution in [0.3, 0.4) is 0 Å². The summed E-state index contributed by atoms with van der Waals surface area (Å²) in [5.41, 5.74) is 2.52. The first-order valence-electron chi connectivity index (χ1n) is 13.3. The third-order valence-corrected chi connectivity index (χ3v) is 11.7. The molecular formula is C27H45FN4O7Si. The van der Waals surface area contributed by atoms with E-state index < -0.39 is 67.3 Å². The number of amides is 1. The second-order valence-corrected chi connectivity index (χ2v) is 17.7. The van der Waals surface area contributed by atoms with Gasteiger partial charge in [0.25, 0.3) is 0 Å². The van der Waals surface area contributed by atoms with E-state index in [1.54, 1.807) is 34.6 Å². The zero-order valence-corrected chi connectivity index (χ0v) is 26.3. The first-order valence-corrected chi connectivity index (χ1v) is 16.2. The van der Waals surface area contributed by atoms with E-state index in [2.05, 4.69) is 50.7 Å². The lowest BCUT2D eigenvalue weighted by Gasteiger charge is -2.42. The minimum absolute atomic E-state index is 0.130. The van der Waals surface area contributed by atoms with E-state index in [-0.39, 0.29) is 24.0 Å². The molecule has 226 valence electrons. The van der Waals surface area contributed by atoms with Crippen molar-refractivity contribution in [2.45, 2.75) is 110 Å².